The van der Waals surface area contributed by atoms with Gasteiger partial charge in [-0.1, -0.05) is 54.6 Å². The zero-order valence-electron chi connectivity index (χ0n) is 21.2. The normalized spacial score (nSPS) is 13.2. The average Bonchev–Trinajstić information content (AvgIpc) is 2.92. The fourth-order valence-electron chi connectivity index (χ4n) is 3.61. The van der Waals surface area contributed by atoms with Gasteiger partial charge in [0.1, 0.15) is 18.4 Å². The number of alkyl carbamates (subject to hydrolysis) is 1. The number of nitrogens with one attached hydrogen (secondary N) is 3. The molecule has 9 heteroatoms. The van der Waals surface area contributed by atoms with E-state index in [1.165, 1.54) is 6.92 Å². The lowest BCUT2D eigenvalue weighted by molar-refractivity contribution is -0.123. The average molecular weight is 508 g/mol. The Morgan fingerprint density at radius 2 is 1.51 bits per heavy atom. The molecule has 0 bridgehead atoms. The summed E-state index contributed by atoms with van der Waals surface area (Å²) in [6.45, 7) is 3.27. The largest absolute Gasteiger partial charge is 0.497 e. The Bertz CT molecular complexity index is 1220. The molecule has 2 unspecified atom stereocenters. The number of carbonyl (C=O) groups is 3. The van der Waals surface area contributed by atoms with E-state index in [0.29, 0.717) is 0 Å². The molecule has 4 N–H and O–H groups in total. The van der Waals surface area contributed by atoms with Crippen LogP contribution in [-0.4, -0.2) is 55.4 Å². The minimum atomic E-state index is -0.999. The smallest absolute Gasteiger partial charge is 0.408 e. The number of hydrogen-bond donors (Lipinski definition) is 4. The van der Waals surface area contributed by atoms with Crippen LogP contribution in [0.5, 0.6) is 5.75 Å². The molecule has 0 aliphatic carbocycles. The molecular weight excluding hydrogens is 474 g/mol. The number of rotatable bonds is 11. The van der Waals surface area contributed by atoms with Gasteiger partial charge in [-0.3, -0.25) is 9.59 Å². The van der Waals surface area contributed by atoms with E-state index >= 15 is 0 Å². The minimum absolute atomic E-state index is 0.0326. The molecule has 3 amide bonds. The first-order valence-corrected chi connectivity index (χ1v) is 12.0. The molecule has 0 saturated heterocycles. The van der Waals surface area contributed by atoms with Crippen molar-refractivity contribution in [2.75, 3.05) is 20.2 Å². The SMILES string of the molecule is COc1ccc2cc(C(C)C(=O)NCC(O)CNC(=O)[C@H](C)NC(=O)OCc3ccccc3)ccc2c1. The number of carbonyl (C=O) groups excluding carboxylic acids is 3. The minimum Gasteiger partial charge on any atom is -0.497 e. The van der Waals surface area contributed by atoms with Gasteiger partial charge in [0.05, 0.1) is 19.1 Å². The van der Waals surface area contributed by atoms with Gasteiger partial charge in [-0.25, -0.2) is 4.79 Å². The summed E-state index contributed by atoms with van der Waals surface area (Å²) in [6, 6.07) is 19.8. The molecule has 3 atom stereocenters. The first-order valence-electron chi connectivity index (χ1n) is 12.0. The van der Waals surface area contributed by atoms with Crippen molar-refractivity contribution in [3.05, 3.63) is 77.9 Å². The van der Waals surface area contributed by atoms with Gasteiger partial charge in [-0.2, -0.15) is 0 Å². The quantitative estimate of drug-likeness (QED) is 0.316. The van der Waals surface area contributed by atoms with E-state index in [1.54, 1.807) is 14.0 Å². The molecule has 3 aromatic rings. The molecule has 0 saturated carbocycles. The molecular formula is C28H33N3O6. The summed E-state index contributed by atoms with van der Waals surface area (Å²) in [4.78, 5) is 36.8. The summed E-state index contributed by atoms with van der Waals surface area (Å²) in [7, 11) is 1.61. The maximum absolute atomic E-state index is 12.6. The molecule has 3 aromatic carbocycles. The number of aliphatic hydroxyl groups excluding tert-OH is 1. The summed E-state index contributed by atoms with van der Waals surface area (Å²) >= 11 is 0. The fraction of sp³-hybridized carbons (Fsp3) is 0.321. The highest BCUT2D eigenvalue weighted by atomic mass is 16.5. The van der Waals surface area contributed by atoms with Crippen LogP contribution in [0.1, 0.15) is 30.9 Å². The maximum Gasteiger partial charge on any atom is 0.408 e. The van der Waals surface area contributed by atoms with E-state index in [0.717, 1.165) is 27.6 Å². The number of ether oxygens (including phenoxy) is 2. The van der Waals surface area contributed by atoms with Gasteiger partial charge in [0, 0.05) is 13.1 Å². The van der Waals surface area contributed by atoms with Gasteiger partial charge >= 0.3 is 6.09 Å². The van der Waals surface area contributed by atoms with E-state index in [9.17, 15) is 19.5 Å². The highest BCUT2D eigenvalue weighted by Gasteiger charge is 2.19. The van der Waals surface area contributed by atoms with Crippen molar-refractivity contribution in [3.8, 4) is 5.75 Å². The zero-order chi connectivity index (χ0) is 26.8. The third-order valence-corrected chi connectivity index (χ3v) is 5.93. The molecule has 0 heterocycles. The van der Waals surface area contributed by atoms with Crippen molar-refractivity contribution >= 4 is 28.7 Å². The van der Waals surface area contributed by atoms with Crippen molar-refractivity contribution in [2.24, 2.45) is 0 Å². The van der Waals surface area contributed by atoms with Gasteiger partial charge in [0.15, 0.2) is 0 Å². The Morgan fingerprint density at radius 1 is 0.865 bits per heavy atom. The first-order chi connectivity index (χ1) is 17.8. The summed E-state index contributed by atoms with van der Waals surface area (Å²) < 4.78 is 10.3. The molecule has 37 heavy (non-hydrogen) atoms. The van der Waals surface area contributed by atoms with Gasteiger partial charge < -0.3 is 30.5 Å². The highest BCUT2D eigenvalue weighted by molar-refractivity contribution is 5.88. The summed E-state index contributed by atoms with van der Waals surface area (Å²) in [5.74, 6) is -0.391. The summed E-state index contributed by atoms with van der Waals surface area (Å²) in [6.07, 6.45) is -1.72. The lowest BCUT2D eigenvalue weighted by atomic mass is 9.97. The standard InChI is InChI=1S/C28H33N3O6/c1-18(21-9-10-23-14-25(36-3)12-11-22(23)13-21)26(33)29-15-24(32)16-30-27(34)19(2)31-28(35)37-17-20-7-5-4-6-8-20/h4-14,18-19,24,32H,15-17H2,1-3H3,(H,29,33)(H,30,34)(H,31,35)/t18?,19-,24?/m0/s1. The number of amides is 3. The van der Waals surface area contributed by atoms with Crippen LogP contribution in [0.2, 0.25) is 0 Å². The maximum atomic E-state index is 12.6. The predicted molar refractivity (Wildman–Crippen MR) is 140 cm³/mol. The predicted octanol–water partition coefficient (Wildman–Crippen LogP) is 2.86. The van der Waals surface area contributed by atoms with E-state index in [4.69, 9.17) is 9.47 Å². The van der Waals surface area contributed by atoms with Crippen LogP contribution in [0.4, 0.5) is 4.79 Å². The van der Waals surface area contributed by atoms with Crippen molar-refractivity contribution in [2.45, 2.75) is 38.5 Å². The highest BCUT2D eigenvalue weighted by Crippen LogP contribution is 2.25. The van der Waals surface area contributed by atoms with Crippen LogP contribution in [0.25, 0.3) is 10.8 Å². The lowest BCUT2D eigenvalue weighted by Gasteiger charge is -2.18. The van der Waals surface area contributed by atoms with E-state index in [-0.39, 0.29) is 25.6 Å². The third kappa shape index (κ3) is 8.22. The van der Waals surface area contributed by atoms with Gasteiger partial charge in [-0.15, -0.1) is 0 Å². The molecule has 196 valence electrons. The van der Waals surface area contributed by atoms with Gasteiger partial charge in [0.25, 0.3) is 0 Å². The van der Waals surface area contributed by atoms with Crippen molar-refractivity contribution in [1.29, 1.82) is 0 Å². The number of aliphatic hydroxyl groups is 1. The second-order valence-corrected chi connectivity index (χ2v) is 8.77. The van der Waals surface area contributed by atoms with Crippen LogP contribution in [0.3, 0.4) is 0 Å². The molecule has 0 radical (unpaired) electrons. The monoisotopic (exact) mass is 507 g/mol. The van der Waals surface area contributed by atoms with Crippen LogP contribution in [0.15, 0.2) is 66.7 Å². The summed E-state index contributed by atoms with van der Waals surface area (Å²) in [5.41, 5.74) is 1.67. The molecule has 0 aliphatic rings. The second kappa shape index (κ2) is 13.3. The fourth-order valence-corrected chi connectivity index (χ4v) is 3.61. The van der Waals surface area contributed by atoms with Crippen LogP contribution < -0.4 is 20.7 Å². The van der Waals surface area contributed by atoms with E-state index in [2.05, 4.69) is 16.0 Å². The Hall–Kier alpha value is -4.11. The molecule has 0 aliphatic heterocycles. The van der Waals surface area contributed by atoms with Gasteiger partial charge in [-0.05, 0) is 47.9 Å². The Labute approximate surface area is 216 Å². The lowest BCUT2D eigenvalue weighted by Crippen LogP contribution is -2.48. The van der Waals surface area contributed by atoms with Crippen LogP contribution in [-0.2, 0) is 20.9 Å². The molecule has 3 rings (SSSR count). The van der Waals surface area contributed by atoms with Crippen molar-refractivity contribution in [3.63, 3.8) is 0 Å². The number of hydrogen-bond acceptors (Lipinski definition) is 6. The second-order valence-electron chi connectivity index (χ2n) is 8.77. The molecule has 0 aromatic heterocycles. The number of benzene rings is 3. The van der Waals surface area contributed by atoms with Crippen LogP contribution in [0, 0.1) is 0 Å². The Kier molecular flexibility index (Phi) is 9.85. The van der Waals surface area contributed by atoms with E-state index < -0.39 is 30.1 Å². The third-order valence-electron chi connectivity index (χ3n) is 5.93. The van der Waals surface area contributed by atoms with Crippen LogP contribution >= 0.6 is 0 Å². The zero-order valence-corrected chi connectivity index (χ0v) is 21.2. The topological polar surface area (TPSA) is 126 Å². The summed E-state index contributed by atoms with van der Waals surface area (Å²) in [5, 5.41) is 19.9. The Morgan fingerprint density at radius 3 is 2.22 bits per heavy atom. The first kappa shape index (κ1) is 27.5. The number of fused-ring (bicyclic) bond motifs is 1. The molecule has 0 fully saturated rings. The van der Waals surface area contributed by atoms with Crippen molar-refractivity contribution < 1.29 is 29.0 Å². The molecule has 0 spiro atoms. The Balaban J connectivity index is 1.38. The molecule has 9 nitrogen and oxygen atoms in total. The number of methoxy groups -OCH3 is 1. The van der Waals surface area contributed by atoms with E-state index in [1.807, 2.05) is 66.7 Å². The van der Waals surface area contributed by atoms with Crippen molar-refractivity contribution in [1.82, 2.24) is 16.0 Å². The van der Waals surface area contributed by atoms with Gasteiger partial charge in [0.2, 0.25) is 11.8 Å².